The SMILES string of the molecule is C=C1NC(=S)N[C@H](c2cccc(OC)c2OC)[C@@H]1C(=O)N1CCOCC1. The lowest BCUT2D eigenvalue weighted by molar-refractivity contribution is -0.139. The molecular weight excluding hydrogens is 354 g/mol. The van der Waals surface area contributed by atoms with Crippen molar-refractivity contribution in [3.63, 3.8) is 0 Å². The van der Waals surface area contributed by atoms with Gasteiger partial charge in [0.2, 0.25) is 5.91 Å². The van der Waals surface area contributed by atoms with Crippen molar-refractivity contribution in [2.75, 3.05) is 40.5 Å². The van der Waals surface area contributed by atoms with E-state index in [0.717, 1.165) is 5.56 Å². The lowest BCUT2D eigenvalue weighted by Crippen LogP contribution is -2.55. The van der Waals surface area contributed by atoms with Gasteiger partial charge in [-0.05, 0) is 18.3 Å². The number of rotatable bonds is 4. The van der Waals surface area contributed by atoms with Gasteiger partial charge in [0, 0.05) is 24.4 Å². The van der Waals surface area contributed by atoms with Crippen LogP contribution in [0, 0.1) is 5.92 Å². The zero-order valence-electron chi connectivity index (χ0n) is 14.9. The molecule has 7 nitrogen and oxygen atoms in total. The molecule has 2 atom stereocenters. The molecule has 140 valence electrons. The van der Waals surface area contributed by atoms with E-state index in [1.165, 1.54) is 0 Å². The Kier molecular flexibility index (Phi) is 5.63. The number of morpholine rings is 1. The molecule has 0 radical (unpaired) electrons. The third kappa shape index (κ3) is 3.47. The topological polar surface area (TPSA) is 72.1 Å². The molecule has 2 saturated heterocycles. The maximum Gasteiger partial charge on any atom is 0.234 e. The van der Waals surface area contributed by atoms with Crippen molar-refractivity contribution >= 4 is 23.2 Å². The van der Waals surface area contributed by atoms with Crippen molar-refractivity contribution < 1.29 is 19.0 Å². The number of para-hydroxylation sites is 1. The van der Waals surface area contributed by atoms with Crippen LogP contribution < -0.4 is 20.1 Å². The number of nitrogens with one attached hydrogen (secondary N) is 2. The third-order valence-corrected chi connectivity index (χ3v) is 4.85. The Bertz CT molecular complexity index is 718. The van der Waals surface area contributed by atoms with Gasteiger partial charge < -0.3 is 29.7 Å². The van der Waals surface area contributed by atoms with Gasteiger partial charge in [-0.3, -0.25) is 4.79 Å². The summed E-state index contributed by atoms with van der Waals surface area (Å²) >= 11 is 5.30. The van der Waals surface area contributed by atoms with E-state index in [-0.39, 0.29) is 5.91 Å². The van der Waals surface area contributed by atoms with Crippen LogP contribution in [0.4, 0.5) is 0 Å². The van der Waals surface area contributed by atoms with Crippen LogP contribution in [0.1, 0.15) is 11.6 Å². The third-order valence-electron chi connectivity index (χ3n) is 4.63. The number of thiocarbonyl (C=S) groups is 1. The van der Waals surface area contributed by atoms with Crippen molar-refractivity contribution in [3.8, 4) is 11.5 Å². The molecule has 2 N–H and O–H groups in total. The molecule has 26 heavy (non-hydrogen) atoms. The van der Waals surface area contributed by atoms with E-state index in [2.05, 4.69) is 17.2 Å². The summed E-state index contributed by atoms with van der Waals surface area (Å²) in [5, 5.41) is 6.62. The first-order valence-electron chi connectivity index (χ1n) is 8.40. The maximum atomic E-state index is 13.2. The molecule has 1 aromatic carbocycles. The van der Waals surface area contributed by atoms with Gasteiger partial charge >= 0.3 is 0 Å². The van der Waals surface area contributed by atoms with Crippen LogP contribution in [0.25, 0.3) is 0 Å². The van der Waals surface area contributed by atoms with E-state index < -0.39 is 12.0 Å². The highest BCUT2D eigenvalue weighted by molar-refractivity contribution is 7.80. The number of hydrogen-bond acceptors (Lipinski definition) is 5. The Morgan fingerprint density at radius 1 is 1.31 bits per heavy atom. The maximum absolute atomic E-state index is 13.2. The van der Waals surface area contributed by atoms with Gasteiger partial charge in [-0.2, -0.15) is 0 Å². The molecule has 8 heteroatoms. The van der Waals surface area contributed by atoms with Crippen LogP contribution >= 0.6 is 12.2 Å². The van der Waals surface area contributed by atoms with E-state index in [4.69, 9.17) is 26.4 Å². The van der Waals surface area contributed by atoms with Gasteiger partial charge in [0.15, 0.2) is 16.6 Å². The van der Waals surface area contributed by atoms with E-state index in [1.54, 1.807) is 19.1 Å². The zero-order chi connectivity index (χ0) is 18.7. The van der Waals surface area contributed by atoms with Crippen molar-refractivity contribution in [2.45, 2.75) is 6.04 Å². The lowest BCUT2D eigenvalue weighted by Gasteiger charge is -2.39. The highest BCUT2D eigenvalue weighted by Gasteiger charge is 2.40. The summed E-state index contributed by atoms with van der Waals surface area (Å²) in [4.78, 5) is 15.0. The van der Waals surface area contributed by atoms with E-state index in [9.17, 15) is 4.79 Å². The van der Waals surface area contributed by atoms with Gasteiger partial charge in [0.1, 0.15) is 5.92 Å². The second kappa shape index (κ2) is 7.92. The average molecular weight is 377 g/mol. The summed E-state index contributed by atoms with van der Waals surface area (Å²) in [5.74, 6) is 0.626. The molecule has 0 bridgehead atoms. The van der Waals surface area contributed by atoms with Crippen LogP contribution in [0.5, 0.6) is 11.5 Å². The molecule has 0 saturated carbocycles. The van der Waals surface area contributed by atoms with Gasteiger partial charge in [-0.25, -0.2) is 0 Å². The normalized spacial score (nSPS) is 23.1. The van der Waals surface area contributed by atoms with Crippen molar-refractivity contribution in [1.82, 2.24) is 15.5 Å². The largest absolute Gasteiger partial charge is 0.493 e. The van der Waals surface area contributed by atoms with Gasteiger partial charge in [-0.1, -0.05) is 18.7 Å². The first-order valence-corrected chi connectivity index (χ1v) is 8.81. The highest BCUT2D eigenvalue weighted by atomic mass is 32.1. The Balaban J connectivity index is 2.00. The number of amides is 1. The van der Waals surface area contributed by atoms with Crippen molar-refractivity contribution in [2.24, 2.45) is 5.92 Å². The smallest absolute Gasteiger partial charge is 0.234 e. The van der Waals surface area contributed by atoms with Crippen molar-refractivity contribution in [1.29, 1.82) is 0 Å². The summed E-state index contributed by atoms with van der Waals surface area (Å²) < 4.78 is 16.3. The molecule has 1 aromatic rings. The fourth-order valence-electron chi connectivity index (χ4n) is 3.37. The van der Waals surface area contributed by atoms with Crippen LogP contribution in [0.15, 0.2) is 30.5 Å². The van der Waals surface area contributed by atoms with E-state index in [1.807, 2.05) is 18.2 Å². The first-order chi connectivity index (χ1) is 12.6. The molecule has 0 spiro atoms. The lowest BCUT2D eigenvalue weighted by atomic mass is 9.87. The first kappa shape index (κ1) is 18.5. The molecule has 3 rings (SSSR count). The number of methoxy groups -OCH3 is 2. The summed E-state index contributed by atoms with van der Waals surface area (Å²) in [7, 11) is 3.16. The molecular formula is C18H23N3O4S. The van der Waals surface area contributed by atoms with Gasteiger partial charge in [-0.15, -0.1) is 0 Å². The standard InChI is InChI=1S/C18H23N3O4S/c1-11-14(17(22)21-7-9-25-10-8-21)15(20-18(26)19-11)12-5-4-6-13(23-2)16(12)24-3/h4-6,14-15H,1,7-10H2,2-3H3,(H2,19,20,26)/t14-,15-/m1/s1. The predicted octanol–water partition coefficient (Wildman–Crippen LogP) is 1.21. The minimum atomic E-state index is -0.527. The molecule has 0 unspecified atom stereocenters. The summed E-state index contributed by atoms with van der Waals surface area (Å²) in [6.07, 6.45) is 0. The Morgan fingerprint density at radius 3 is 2.69 bits per heavy atom. The summed E-state index contributed by atoms with van der Waals surface area (Å²) in [5.41, 5.74) is 1.36. The van der Waals surface area contributed by atoms with Crippen LogP contribution in [-0.4, -0.2) is 56.4 Å². The minimum Gasteiger partial charge on any atom is -0.493 e. The second-order valence-electron chi connectivity index (χ2n) is 6.10. The Morgan fingerprint density at radius 2 is 2.04 bits per heavy atom. The molecule has 0 aromatic heterocycles. The Hall–Kier alpha value is -2.32. The van der Waals surface area contributed by atoms with Gasteiger partial charge in [0.25, 0.3) is 0 Å². The van der Waals surface area contributed by atoms with Crippen LogP contribution in [-0.2, 0) is 9.53 Å². The molecule has 1 amide bonds. The monoisotopic (exact) mass is 377 g/mol. The number of hydrogen-bond donors (Lipinski definition) is 2. The van der Waals surface area contributed by atoms with Crippen molar-refractivity contribution in [3.05, 3.63) is 36.0 Å². The number of carbonyl (C=O) groups excluding carboxylic acids is 1. The van der Waals surface area contributed by atoms with E-state index >= 15 is 0 Å². The second-order valence-corrected chi connectivity index (χ2v) is 6.51. The predicted molar refractivity (Wildman–Crippen MR) is 101 cm³/mol. The number of benzene rings is 1. The molecule has 0 aliphatic carbocycles. The highest BCUT2D eigenvalue weighted by Crippen LogP contribution is 2.40. The zero-order valence-corrected chi connectivity index (χ0v) is 15.7. The molecule has 2 aliphatic rings. The Labute approximate surface area is 158 Å². The van der Waals surface area contributed by atoms with E-state index in [0.29, 0.717) is 48.6 Å². The summed E-state index contributed by atoms with van der Waals surface area (Å²) in [6, 6.07) is 5.18. The minimum absolute atomic E-state index is 0.0179. The number of ether oxygens (including phenoxy) is 3. The molecule has 2 aliphatic heterocycles. The number of nitrogens with zero attached hydrogens (tertiary/aromatic N) is 1. The number of carbonyl (C=O) groups is 1. The van der Waals surface area contributed by atoms with Gasteiger partial charge in [0.05, 0.1) is 33.5 Å². The fraction of sp³-hybridized carbons (Fsp3) is 0.444. The summed E-state index contributed by atoms with van der Waals surface area (Å²) in [6.45, 7) is 6.25. The van der Waals surface area contributed by atoms with Crippen LogP contribution in [0.3, 0.4) is 0 Å². The molecule has 2 heterocycles. The fourth-order valence-corrected chi connectivity index (χ4v) is 3.63. The van der Waals surface area contributed by atoms with Crippen LogP contribution in [0.2, 0.25) is 0 Å². The molecule has 2 fully saturated rings. The average Bonchev–Trinajstić information content (AvgIpc) is 2.66. The quantitative estimate of drug-likeness (QED) is 0.764.